The van der Waals surface area contributed by atoms with Crippen LogP contribution in [0.1, 0.15) is 37.0 Å². The van der Waals surface area contributed by atoms with E-state index < -0.39 is 6.10 Å². The highest BCUT2D eigenvalue weighted by Gasteiger charge is 2.05. The second-order valence-electron chi connectivity index (χ2n) is 3.49. The fraction of sp³-hybridized carbons (Fsp3) is 0.500. The van der Waals surface area contributed by atoms with Crippen LogP contribution < -0.4 is 0 Å². The van der Waals surface area contributed by atoms with E-state index in [-0.39, 0.29) is 0 Å². The summed E-state index contributed by atoms with van der Waals surface area (Å²) in [6, 6.07) is 8.14. The summed E-state index contributed by atoms with van der Waals surface area (Å²) in [6.45, 7) is 2.16. The van der Waals surface area contributed by atoms with Gasteiger partial charge in [-0.3, -0.25) is 0 Å². The van der Waals surface area contributed by atoms with E-state index in [1.54, 1.807) is 0 Å². The molecule has 0 aliphatic heterocycles. The molecule has 0 spiro atoms. The Labute approximate surface area is 90.7 Å². The predicted octanol–water partition coefficient (Wildman–Crippen LogP) is 3.30. The number of hydrogen-bond donors (Lipinski definition) is 1. The van der Waals surface area contributed by atoms with Gasteiger partial charge in [-0.05, 0) is 24.0 Å². The van der Waals surface area contributed by atoms with Gasteiger partial charge >= 0.3 is 0 Å². The lowest BCUT2D eigenvalue weighted by Crippen LogP contribution is -1.98. The molecule has 0 amide bonds. The van der Waals surface area contributed by atoms with Crippen molar-refractivity contribution in [3.63, 3.8) is 0 Å². The molecule has 0 radical (unpaired) electrons. The largest absolute Gasteiger partial charge is 0.388 e. The maximum Gasteiger partial charge on any atom is 0.0801 e. The number of rotatable bonds is 5. The number of aliphatic hydroxyl groups is 1. The maximum atomic E-state index is 9.66. The van der Waals surface area contributed by atoms with Crippen molar-refractivity contribution < 1.29 is 5.11 Å². The van der Waals surface area contributed by atoms with Crippen LogP contribution in [0.3, 0.4) is 0 Å². The van der Waals surface area contributed by atoms with Crippen LogP contribution in [0.5, 0.6) is 0 Å². The van der Waals surface area contributed by atoms with Gasteiger partial charge in [-0.15, -0.1) is 11.6 Å². The summed E-state index contributed by atoms with van der Waals surface area (Å²) in [4.78, 5) is 0. The number of aliphatic hydroxyl groups excluding tert-OH is 1. The van der Waals surface area contributed by atoms with Gasteiger partial charge in [-0.25, -0.2) is 0 Å². The van der Waals surface area contributed by atoms with Crippen molar-refractivity contribution in [3.8, 4) is 0 Å². The van der Waals surface area contributed by atoms with Gasteiger partial charge in [0.2, 0.25) is 0 Å². The molecule has 0 aromatic heterocycles. The Morgan fingerprint density at radius 2 is 1.93 bits per heavy atom. The van der Waals surface area contributed by atoms with Crippen LogP contribution in [0.4, 0.5) is 0 Å². The Kier molecular flexibility index (Phi) is 4.99. The molecule has 1 rings (SSSR count). The van der Waals surface area contributed by atoms with Crippen LogP contribution >= 0.6 is 11.6 Å². The Bertz CT molecular complexity index is 256. The van der Waals surface area contributed by atoms with Gasteiger partial charge in [0.25, 0.3) is 0 Å². The first-order chi connectivity index (χ1) is 6.77. The van der Waals surface area contributed by atoms with Crippen molar-refractivity contribution >= 4 is 11.6 Å². The molecule has 1 unspecified atom stereocenters. The molecule has 78 valence electrons. The number of benzene rings is 1. The van der Waals surface area contributed by atoms with Gasteiger partial charge in [0.15, 0.2) is 0 Å². The maximum absolute atomic E-state index is 9.66. The Hall–Kier alpha value is -0.530. The summed E-state index contributed by atoms with van der Waals surface area (Å²) in [6.07, 6.45) is 2.47. The predicted molar refractivity (Wildman–Crippen MR) is 60.7 cm³/mol. The van der Waals surface area contributed by atoms with Crippen LogP contribution in [-0.4, -0.2) is 11.0 Å². The fourth-order valence-electron chi connectivity index (χ4n) is 1.47. The van der Waals surface area contributed by atoms with Crippen LogP contribution in [0.2, 0.25) is 0 Å². The molecule has 1 aromatic rings. The molecular weight excluding hydrogens is 196 g/mol. The number of halogens is 1. The van der Waals surface area contributed by atoms with Gasteiger partial charge < -0.3 is 5.11 Å². The smallest absolute Gasteiger partial charge is 0.0801 e. The molecule has 0 bridgehead atoms. The quantitative estimate of drug-likeness (QED) is 0.743. The summed E-state index contributed by atoms with van der Waals surface area (Å²) in [7, 11) is 0. The molecule has 0 aliphatic rings. The van der Waals surface area contributed by atoms with E-state index in [4.69, 9.17) is 11.6 Å². The number of hydrogen-bond acceptors (Lipinski definition) is 1. The highest BCUT2D eigenvalue weighted by molar-refractivity contribution is 6.17. The van der Waals surface area contributed by atoms with E-state index in [1.807, 2.05) is 12.1 Å². The minimum atomic E-state index is -0.414. The third kappa shape index (κ3) is 3.32. The molecular formula is C12H17ClO. The third-order valence-electron chi connectivity index (χ3n) is 2.29. The van der Waals surface area contributed by atoms with Gasteiger partial charge in [-0.2, -0.15) is 0 Å². The molecule has 0 aliphatic carbocycles. The zero-order valence-electron chi connectivity index (χ0n) is 8.54. The lowest BCUT2D eigenvalue weighted by atomic mass is 10.0. The summed E-state index contributed by atoms with van der Waals surface area (Å²) < 4.78 is 0. The molecule has 1 aromatic carbocycles. The normalized spacial score (nSPS) is 12.8. The Morgan fingerprint density at radius 3 is 2.43 bits per heavy atom. The Morgan fingerprint density at radius 1 is 1.29 bits per heavy atom. The van der Waals surface area contributed by atoms with Crippen molar-refractivity contribution in [3.05, 3.63) is 35.4 Å². The van der Waals surface area contributed by atoms with E-state index in [1.165, 1.54) is 5.56 Å². The first-order valence-corrected chi connectivity index (χ1v) is 5.64. The zero-order chi connectivity index (χ0) is 10.4. The monoisotopic (exact) mass is 212 g/mol. The third-order valence-corrected chi connectivity index (χ3v) is 2.50. The molecule has 0 saturated heterocycles. The van der Waals surface area contributed by atoms with E-state index >= 15 is 0 Å². The first-order valence-electron chi connectivity index (χ1n) is 5.10. The summed E-state index contributed by atoms with van der Waals surface area (Å²) in [5, 5.41) is 9.66. The van der Waals surface area contributed by atoms with Crippen molar-refractivity contribution in [1.82, 2.24) is 0 Å². The standard InChI is InChI=1S/C12H17ClO/c1-2-3-10-4-6-11(7-5-10)12(14)8-9-13/h4-7,12,14H,2-3,8-9H2,1H3. The molecule has 1 N–H and O–H groups in total. The van der Waals surface area contributed by atoms with Gasteiger partial charge in [-0.1, -0.05) is 37.6 Å². The van der Waals surface area contributed by atoms with Crippen molar-refractivity contribution in [2.75, 3.05) is 5.88 Å². The molecule has 0 heterocycles. The molecule has 0 fully saturated rings. The second kappa shape index (κ2) is 6.05. The van der Waals surface area contributed by atoms with E-state index in [9.17, 15) is 5.11 Å². The zero-order valence-corrected chi connectivity index (χ0v) is 9.30. The SMILES string of the molecule is CCCc1ccc(C(O)CCCl)cc1. The summed E-state index contributed by atoms with van der Waals surface area (Å²) in [5.41, 5.74) is 2.29. The molecule has 1 atom stereocenters. The topological polar surface area (TPSA) is 20.2 Å². The van der Waals surface area contributed by atoms with Crippen molar-refractivity contribution in [2.45, 2.75) is 32.3 Å². The average Bonchev–Trinajstić information content (AvgIpc) is 2.20. The van der Waals surface area contributed by atoms with Crippen LogP contribution in [0, 0.1) is 0 Å². The number of aryl methyl sites for hydroxylation is 1. The molecule has 14 heavy (non-hydrogen) atoms. The lowest BCUT2D eigenvalue weighted by Gasteiger charge is -2.09. The van der Waals surface area contributed by atoms with Crippen molar-refractivity contribution in [2.24, 2.45) is 0 Å². The fourth-order valence-corrected chi connectivity index (χ4v) is 1.67. The van der Waals surface area contributed by atoms with E-state index in [2.05, 4.69) is 19.1 Å². The van der Waals surface area contributed by atoms with Gasteiger partial charge in [0.05, 0.1) is 6.10 Å². The van der Waals surface area contributed by atoms with Crippen LogP contribution in [0.15, 0.2) is 24.3 Å². The van der Waals surface area contributed by atoms with Crippen LogP contribution in [-0.2, 0) is 6.42 Å². The molecule has 1 nitrogen and oxygen atoms in total. The number of alkyl halides is 1. The van der Waals surface area contributed by atoms with Gasteiger partial charge in [0, 0.05) is 5.88 Å². The van der Waals surface area contributed by atoms with Gasteiger partial charge in [0.1, 0.15) is 0 Å². The first kappa shape index (κ1) is 11.5. The Balaban J connectivity index is 2.62. The summed E-state index contributed by atoms with van der Waals surface area (Å²) >= 11 is 5.57. The highest BCUT2D eigenvalue weighted by atomic mass is 35.5. The minimum Gasteiger partial charge on any atom is -0.388 e. The average molecular weight is 213 g/mol. The van der Waals surface area contributed by atoms with E-state index in [0.29, 0.717) is 12.3 Å². The lowest BCUT2D eigenvalue weighted by molar-refractivity contribution is 0.174. The minimum absolute atomic E-state index is 0.414. The molecule has 2 heteroatoms. The van der Waals surface area contributed by atoms with Crippen LogP contribution in [0.25, 0.3) is 0 Å². The second-order valence-corrected chi connectivity index (χ2v) is 3.86. The van der Waals surface area contributed by atoms with E-state index in [0.717, 1.165) is 18.4 Å². The highest BCUT2D eigenvalue weighted by Crippen LogP contribution is 2.18. The van der Waals surface area contributed by atoms with Crippen molar-refractivity contribution in [1.29, 1.82) is 0 Å². The molecule has 0 saturated carbocycles. The summed E-state index contributed by atoms with van der Waals surface area (Å²) in [5.74, 6) is 0.498.